The quantitative estimate of drug-likeness (QED) is 0.910. The number of hydrogen-bond donors (Lipinski definition) is 1. The molecule has 1 aliphatic heterocycles. The molecule has 6 nitrogen and oxygen atoms in total. The predicted octanol–water partition coefficient (Wildman–Crippen LogP) is 2.10. The fraction of sp³-hybridized carbons (Fsp3) is 0.500. The van der Waals surface area contributed by atoms with Gasteiger partial charge >= 0.3 is 0 Å². The Morgan fingerprint density at radius 3 is 2.68 bits per heavy atom. The van der Waals surface area contributed by atoms with Gasteiger partial charge in [0.25, 0.3) is 0 Å². The Hall–Kier alpha value is -1.92. The fourth-order valence-corrected chi connectivity index (χ4v) is 2.68. The molecule has 6 heteroatoms. The van der Waals surface area contributed by atoms with Gasteiger partial charge in [-0.25, -0.2) is 0 Å². The van der Waals surface area contributed by atoms with E-state index in [0.717, 1.165) is 37.4 Å². The summed E-state index contributed by atoms with van der Waals surface area (Å²) in [6, 6.07) is 7.62. The van der Waals surface area contributed by atoms with E-state index >= 15 is 0 Å². The van der Waals surface area contributed by atoms with Crippen molar-refractivity contribution < 1.29 is 14.0 Å². The molecule has 0 aliphatic carbocycles. The minimum absolute atomic E-state index is 0.207. The molecule has 1 atom stereocenters. The molecule has 1 aliphatic rings. The van der Waals surface area contributed by atoms with Crippen molar-refractivity contribution in [1.29, 1.82) is 0 Å². The molecule has 1 saturated heterocycles. The lowest BCUT2D eigenvalue weighted by Gasteiger charge is -2.25. The number of methoxy groups -OCH3 is 1. The van der Waals surface area contributed by atoms with E-state index < -0.39 is 0 Å². The molecule has 3 rings (SSSR count). The number of hydrogen-bond acceptors (Lipinski definition) is 6. The molecule has 2 heterocycles. The van der Waals surface area contributed by atoms with Gasteiger partial charge < -0.3 is 19.7 Å². The standard InChI is InChI=1S/C16H21N3O3/c1-20-13-4-2-11(3-5-13)10-14-18-16(22-19-14)15(17)12-6-8-21-9-7-12/h2-5,12,15H,6-10,17H2,1H3. The molecule has 118 valence electrons. The highest BCUT2D eigenvalue weighted by molar-refractivity contribution is 5.28. The molecule has 0 radical (unpaired) electrons. The zero-order valence-electron chi connectivity index (χ0n) is 12.7. The first-order chi connectivity index (χ1) is 10.8. The van der Waals surface area contributed by atoms with E-state index in [2.05, 4.69) is 10.1 Å². The van der Waals surface area contributed by atoms with E-state index in [4.69, 9.17) is 19.7 Å². The Morgan fingerprint density at radius 1 is 1.27 bits per heavy atom. The zero-order valence-corrected chi connectivity index (χ0v) is 12.7. The van der Waals surface area contributed by atoms with Gasteiger partial charge in [0.15, 0.2) is 5.82 Å². The molecule has 22 heavy (non-hydrogen) atoms. The van der Waals surface area contributed by atoms with Gasteiger partial charge in [-0.1, -0.05) is 17.3 Å². The Bertz CT molecular complexity index is 591. The summed E-state index contributed by atoms with van der Waals surface area (Å²) in [5, 5.41) is 4.04. The van der Waals surface area contributed by atoms with Crippen LogP contribution in [-0.4, -0.2) is 30.5 Å². The Morgan fingerprint density at radius 2 is 2.00 bits per heavy atom. The normalized spacial score (nSPS) is 17.4. The van der Waals surface area contributed by atoms with Crippen LogP contribution in [0, 0.1) is 5.92 Å². The first kappa shape index (κ1) is 15.0. The third-order valence-corrected chi connectivity index (χ3v) is 4.06. The summed E-state index contributed by atoms with van der Waals surface area (Å²) in [6.45, 7) is 1.51. The van der Waals surface area contributed by atoms with Crippen molar-refractivity contribution in [2.24, 2.45) is 11.7 Å². The van der Waals surface area contributed by atoms with Crippen molar-refractivity contribution in [3.8, 4) is 5.75 Å². The predicted molar refractivity (Wildman–Crippen MR) is 80.6 cm³/mol. The van der Waals surface area contributed by atoms with Crippen LogP contribution in [-0.2, 0) is 11.2 Å². The Labute approximate surface area is 129 Å². The highest BCUT2D eigenvalue weighted by atomic mass is 16.5. The first-order valence-corrected chi connectivity index (χ1v) is 7.55. The van der Waals surface area contributed by atoms with Gasteiger partial charge in [-0.2, -0.15) is 4.98 Å². The van der Waals surface area contributed by atoms with Crippen LogP contribution in [0.3, 0.4) is 0 Å². The van der Waals surface area contributed by atoms with Crippen molar-refractivity contribution in [2.75, 3.05) is 20.3 Å². The van der Waals surface area contributed by atoms with Crippen LogP contribution in [0.5, 0.6) is 5.75 Å². The number of nitrogens with two attached hydrogens (primary N) is 1. The van der Waals surface area contributed by atoms with Crippen LogP contribution in [0.15, 0.2) is 28.8 Å². The first-order valence-electron chi connectivity index (χ1n) is 7.55. The summed E-state index contributed by atoms with van der Waals surface area (Å²) < 4.78 is 15.8. The molecule has 0 bridgehead atoms. The maximum Gasteiger partial charge on any atom is 0.243 e. The highest BCUT2D eigenvalue weighted by Gasteiger charge is 2.26. The molecule has 1 unspecified atom stereocenters. The second-order valence-corrected chi connectivity index (χ2v) is 5.55. The van der Waals surface area contributed by atoms with Crippen LogP contribution < -0.4 is 10.5 Å². The van der Waals surface area contributed by atoms with E-state index in [0.29, 0.717) is 24.1 Å². The molecule has 0 spiro atoms. The lowest BCUT2D eigenvalue weighted by Crippen LogP contribution is -2.27. The van der Waals surface area contributed by atoms with Gasteiger partial charge in [0.05, 0.1) is 13.2 Å². The molecule has 2 aromatic rings. The summed E-state index contributed by atoms with van der Waals surface area (Å²) in [5.41, 5.74) is 7.35. The number of rotatable bonds is 5. The largest absolute Gasteiger partial charge is 0.497 e. The molecule has 1 aromatic carbocycles. The van der Waals surface area contributed by atoms with Gasteiger partial charge in [-0.15, -0.1) is 0 Å². The van der Waals surface area contributed by atoms with E-state index in [-0.39, 0.29) is 6.04 Å². The van der Waals surface area contributed by atoms with Gasteiger partial charge in [0, 0.05) is 19.6 Å². The summed E-state index contributed by atoms with van der Waals surface area (Å²) >= 11 is 0. The topological polar surface area (TPSA) is 83.4 Å². The minimum atomic E-state index is -0.207. The van der Waals surface area contributed by atoms with Crippen molar-refractivity contribution >= 4 is 0 Å². The highest BCUT2D eigenvalue weighted by Crippen LogP contribution is 2.27. The molecule has 1 fully saturated rings. The lowest BCUT2D eigenvalue weighted by atomic mass is 9.92. The van der Waals surface area contributed by atoms with E-state index in [9.17, 15) is 0 Å². The minimum Gasteiger partial charge on any atom is -0.497 e. The van der Waals surface area contributed by atoms with E-state index in [1.54, 1.807) is 7.11 Å². The number of ether oxygens (including phenoxy) is 2. The number of aromatic nitrogens is 2. The summed E-state index contributed by atoms with van der Waals surface area (Å²) in [4.78, 5) is 4.45. The molecule has 0 amide bonds. The van der Waals surface area contributed by atoms with Crippen LogP contribution >= 0.6 is 0 Å². The smallest absolute Gasteiger partial charge is 0.243 e. The van der Waals surface area contributed by atoms with Crippen molar-refractivity contribution in [2.45, 2.75) is 25.3 Å². The molecule has 2 N–H and O–H groups in total. The monoisotopic (exact) mass is 303 g/mol. The SMILES string of the molecule is COc1ccc(Cc2noc(C(N)C3CCOCC3)n2)cc1. The Kier molecular flexibility index (Phi) is 4.70. The van der Waals surface area contributed by atoms with Crippen molar-refractivity contribution in [3.63, 3.8) is 0 Å². The van der Waals surface area contributed by atoms with Crippen molar-refractivity contribution in [1.82, 2.24) is 10.1 Å². The average Bonchev–Trinajstić information content (AvgIpc) is 3.04. The van der Waals surface area contributed by atoms with Gasteiger partial charge in [-0.05, 0) is 36.5 Å². The third kappa shape index (κ3) is 3.45. The van der Waals surface area contributed by atoms with Crippen molar-refractivity contribution in [3.05, 3.63) is 41.5 Å². The van der Waals surface area contributed by atoms with Gasteiger partial charge in [0.2, 0.25) is 5.89 Å². The fourth-order valence-electron chi connectivity index (χ4n) is 2.68. The van der Waals surface area contributed by atoms with Crippen LogP contribution in [0.2, 0.25) is 0 Å². The van der Waals surface area contributed by atoms with Gasteiger partial charge in [0.1, 0.15) is 5.75 Å². The zero-order chi connectivity index (χ0) is 15.4. The molecular weight excluding hydrogens is 282 g/mol. The lowest BCUT2D eigenvalue weighted by molar-refractivity contribution is 0.0546. The van der Waals surface area contributed by atoms with Gasteiger partial charge in [-0.3, -0.25) is 0 Å². The maximum absolute atomic E-state index is 6.25. The third-order valence-electron chi connectivity index (χ3n) is 4.06. The number of benzene rings is 1. The summed E-state index contributed by atoms with van der Waals surface area (Å²) in [6.07, 6.45) is 2.50. The number of nitrogens with zero attached hydrogens (tertiary/aromatic N) is 2. The molecule has 0 saturated carbocycles. The van der Waals surface area contributed by atoms with Crippen LogP contribution in [0.4, 0.5) is 0 Å². The maximum atomic E-state index is 6.25. The van der Waals surface area contributed by atoms with E-state index in [1.807, 2.05) is 24.3 Å². The second kappa shape index (κ2) is 6.89. The van der Waals surface area contributed by atoms with E-state index in [1.165, 1.54) is 0 Å². The average molecular weight is 303 g/mol. The summed E-state index contributed by atoms with van der Waals surface area (Å²) in [7, 11) is 1.65. The second-order valence-electron chi connectivity index (χ2n) is 5.55. The van der Waals surface area contributed by atoms with Crippen LogP contribution in [0.1, 0.15) is 36.2 Å². The Balaban J connectivity index is 1.64. The molecular formula is C16H21N3O3. The summed E-state index contributed by atoms with van der Waals surface area (Å²) in [5.74, 6) is 2.36. The molecule has 1 aromatic heterocycles. The van der Waals surface area contributed by atoms with Crippen LogP contribution in [0.25, 0.3) is 0 Å².